The summed E-state index contributed by atoms with van der Waals surface area (Å²) in [7, 11) is -1.83. The fourth-order valence-corrected chi connectivity index (χ4v) is 7.52. The standard InChI is InChI=1S/C32H34FNO7S/c1-18-12-23(40-22-10-11-42(36,37)34-16-22)13-19(2)31(18)25-6-8-27(33)32-26(25)7-9-28(32)41-21-4-5-24-20(14-30(35)38-3)17-39-29(24)15-21/h4-6,8,12-13,15,20,22,28,34H,7,9-11,14,16-17H2,1-3H3. The van der Waals surface area contributed by atoms with Crippen LogP contribution in [0.2, 0.25) is 0 Å². The molecule has 2 heterocycles. The number of benzene rings is 3. The van der Waals surface area contributed by atoms with Crippen molar-refractivity contribution < 1.29 is 36.6 Å². The molecule has 0 bridgehead atoms. The second-order valence-electron chi connectivity index (χ2n) is 11.2. The normalized spacial score (nSPS) is 22.1. The molecule has 0 aromatic heterocycles. The van der Waals surface area contributed by atoms with E-state index >= 15 is 4.39 Å². The molecule has 222 valence electrons. The molecule has 3 aromatic rings. The van der Waals surface area contributed by atoms with Crippen LogP contribution in [-0.4, -0.2) is 46.5 Å². The number of nitrogens with one attached hydrogen (secondary N) is 1. The summed E-state index contributed by atoms with van der Waals surface area (Å²) in [6.45, 7) is 4.67. The molecule has 8 nitrogen and oxygen atoms in total. The summed E-state index contributed by atoms with van der Waals surface area (Å²) >= 11 is 0. The first-order valence-corrected chi connectivity index (χ1v) is 15.8. The van der Waals surface area contributed by atoms with Crippen LogP contribution in [0.1, 0.15) is 59.1 Å². The molecule has 2 aliphatic heterocycles. The van der Waals surface area contributed by atoms with Gasteiger partial charge in [-0.15, -0.1) is 0 Å². The lowest BCUT2D eigenvalue weighted by atomic mass is 9.90. The highest BCUT2D eigenvalue weighted by Crippen LogP contribution is 2.45. The molecule has 0 amide bonds. The van der Waals surface area contributed by atoms with E-state index in [0.29, 0.717) is 48.7 Å². The maximum absolute atomic E-state index is 15.3. The summed E-state index contributed by atoms with van der Waals surface area (Å²) in [5.41, 5.74) is 6.46. The number of carbonyl (C=O) groups is 1. The molecule has 0 spiro atoms. The lowest BCUT2D eigenvalue weighted by Gasteiger charge is -2.25. The summed E-state index contributed by atoms with van der Waals surface area (Å²) in [6, 6.07) is 12.8. The van der Waals surface area contributed by atoms with Crippen LogP contribution in [0.3, 0.4) is 0 Å². The van der Waals surface area contributed by atoms with E-state index in [0.717, 1.165) is 33.4 Å². The topological polar surface area (TPSA) is 100 Å². The van der Waals surface area contributed by atoms with Crippen molar-refractivity contribution in [3.05, 3.63) is 76.1 Å². The Bertz CT molecular complexity index is 1620. The number of sulfonamides is 1. The number of ether oxygens (including phenoxy) is 4. The van der Waals surface area contributed by atoms with Crippen LogP contribution in [0, 0.1) is 19.7 Å². The second kappa shape index (κ2) is 11.2. The summed E-state index contributed by atoms with van der Waals surface area (Å²) in [6.07, 6.45) is 1.34. The number of hydrogen-bond acceptors (Lipinski definition) is 7. The molecular weight excluding hydrogens is 561 g/mol. The smallest absolute Gasteiger partial charge is 0.306 e. The Hall–Kier alpha value is -3.63. The molecular formula is C32H34FNO7S. The molecule has 3 aliphatic rings. The minimum Gasteiger partial charge on any atom is -0.492 e. The fourth-order valence-electron chi connectivity index (χ4n) is 6.36. The third-order valence-corrected chi connectivity index (χ3v) is 9.76. The van der Waals surface area contributed by atoms with Gasteiger partial charge in [-0.25, -0.2) is 17.5 Å². The molecule has 1 N–H and O–H groups in total. The van der Waals surface area contributed by atoms with Gasteiger partial charge in [0, 0.05) is 36.1 Å². The van der Waals surface area contributed by atoms with Crippen LogP contribution in [-0.2, 0) is 26.0 Å². The predicted octanol–water partition coefficient (Wildman–Crippen LogP) is 5.29. The molecule has 1 fully saturated rings. The first-order chi connectivity index (χ1) is 20.1. The quantitative estimate of drug-likeness (QED) is 0.371. The number of methoxy groups -OCH3 is 1. The molecule has 42 heavy (non-hydrogen) atoms. The van der Waals surface area contributed by atoms with Crippen LogP contribution in [0.4, 0.5) is 4.39 Å². The average molecular weight is 596 g/mol. The zero-order valence-corrected chi connectivity index (χ0v) is 24.7. The number of hydrogen-bond donors (Lipinski definition) is 1. The number of halogens is 1. The predicted molar refractivity (Wildman–Crippen MR) is 155 cm³/mol. The Kier molecular flexibility index (Phi) is 7.61. The Labute approximate surface area is 245 Å². The van der Waals surface area contributed by atoms with Gasteiger partial charge in [-0.05, 0) is 78.8 Å². The second-order valence-corrected chi connectivity index (χ2v) is 13.2. The van der Waals surface area contributed by atoms with Gasteiger partial charge in [-0.3, -0.25) is 4.79 Å². The van der Waals surface area contributed by atoms with Gasteiger partial charge in [0.05, 0.1) is 25.9 Å². The minimum absolute atomic E-state index is 0.0487. The van der Waals surface area contributed by atoms with E-state index in [-0.39, 0.29) is 42.5 Å². The number of carbonyl (C=O) groups excluding carboxylic acids is 1. The van der Waals surface area contributed by atoms with Crippen molar-refractivity contribution in [2.75, 3.05) is 26.0 Å². The van der Waals surface area contributed by atoms with Gasteiger partial charge < -0.3 is 18.9 Å². The Morgan fingerprint density at radius 1 is 1.05 bits per heavy atom. The molecule has 1 saturated heterocycles. The summed E-state index contributed by atoms with van der Waals surface area (Å²) in [5, 5.41) is 0. The van der Waals surface area contributed by atoms with E-state index in [2.05, 4.69) is 4.72 Å². The van der Waals surface area contributed by atoms with Crippen LogP contribution in [0.5, 0.6) is 17.2 Å². The SMILES string of the molecule is COC(=O)CC1COc2cc(OC3CCc4c(-c5c(C)cc(OC6CCS(=O)(=O)NC6)cc5C)ccc(F)c43)ccc21. The van der Waals surface area contributed by atoms with Crippen molar-refractivity contribution >= 4 is 16.0 Å². The maximum atomic E-state index is 15.3. The van der Waals surface area contributed by atoms with Gasteiger partial charge >= 0.3 is 5.97 Å². The highest BCUT2D eigenvalue weighted by atomic mass is 32.2. The van der Waals surface area contributed by atoms with Crippen molar-refractivity contribution in [2.24, 2.45) is 0 Å². The molecule has 0 saturated carbocycles. The van der Waals surface area contributed by atoms with Crippen LogP contribution in [0.15, 0.2) is 42.5 Å². The maximum Gasteiger partial charge on any atom is 0.306 e. The molecule has 10 heteroatoms. The molecule has 0 radical (unpaired) electrons. The third-order valence-electron chi connectivity index (χ3n) is 8.38. The van der Waals surface area contributed by atoms with E-state index in [1.807, 2.05) is 50.2 Å². The van der Waals surface area contributed by atoms with E-state index in [1.54, 1.807) is 0 Å². The zero-order valence-electron chi connectivity index (χ0n) is 23.9. The van der Waals surface area contributed by atoms with Crippen molar-refractivity contribution in [3.63, 3.8) is 0 Å². The fraction of sp³-hybridized carbons (Fsp3) is 0.406. The summed E-state index contributed by atoms with van der Waals surface area (Å²) in [5.74, 6) is 1.37. The first kappa shape index (κ1) is 28.5. The number of fused-ring (bicyclic) bond motifs is 2. The number of rotatable bonds is 7. The van der Waals surface area contributed by atoms with Gasteiger partial charge in [0.2, 0.25) is 10.0 Å². The van der Waals surface area contributed by atoms with Crippen molar-refractivity contribution in [2.45, 2.75) is 57.7 Å². The van der Waals surface area contributed by atoms with Gasteiger partial charge in [-0.2, -0.15) is 0 Å². The average Bonchev–Trinajstić information content (AvgIpc) is 3.55. The lowest BCUT2D eigenvalue weighted by molar-refractivity contribution is -0.141. The summed E-state index contributed by atoms with van der Waals surface area (Å²) < 4.78 is 64.3. The Balaban J connectivity index is 1.22. The minimum atomic E-state index is -3.20. The monoisotopic (exact) mass is 595 g/mol. The number of aryl methyl sites for hydroxylation is 2. The van der Waals surface area contributed by atoms with Gasteiger partial charge in [-0.1, -0.05) is 12.1 Å². The Morgan fingerprint density at radius 3 is 2.55 bits per heavy atom. The van der Waals surface area contributed by atoms with Crippen molar-refractivity contribution in [1.29, 1.82) is 0 Å². The largest absolute Gasteiger partial charge is 0.492 e. The molecule has 6 rings (SSSR count). The van der Waals surface area contributed by atoms with E-state index < -0.39 is 16.1 Å². The highest BCUT2D eigenvalue weighted by Gasteiger charge is 2.32. The van der Waals surface area contributed by atoms with E-state index in [9.17, 15) is 13.2 Å². The van der Waals surface area contributed by atoms with Crippen molar-refractivity contribution in [3.8, 4) is 28.4 Å². The van der Waals surface area contributed by atoms with E-state index in [4.69, 9.17) is 18.9 Å². The zero-order chi connectivity index (χ0) is 29.6. The van der Waals surface area contributed by atoms with Gasteiger partial charge in [0.15, 0.2) is 0 Å². The molecule has 3 unspecified atom stereocenters. The first-order valence-electron chi connectivity index (χ1n) is 14.2. The number of esters is 1. The molecule has 1 aliphatic carbocycles. The van der Waals surface area contributed by atoms with E-state index in [1.165, 1.54) is 13.2 Å². The lowest BCUT2D eigenvalue weighted by Crippen LogP contribution is -2.43. The van der Waals surface area contributed by atoms with Gasteiger partial charge in [0.25, 0.3) is 0 Å². The summed E-state index contributed by atoms with van der Waals surface area (Å²) in [4.78, 5) is 11.7. The van der Waals surface area contributed by atoms with Crippen LogP contribution >= 0.6 is 0 Å². The van der Waals surface area contributed by atoms with Gasteiger partial charge in [0.1, 0.15) is 35.3 Å². The third kappa shape index (κ3) is 5.57. The molecule has 3 atom stereocenters. The van der Waals surface area contributed by atoms with Crippen LogP contribution in [0.25, 0.3) is 11.1 Å². The van der Waals surface area contributed by atoms with Crippen molar-refractivity contribution in [1.82, 2.24) is 4.72 Å². The highest BCUT2D eigenvalue weighted by molar-refractivity contribution is 7.89. The Morgan fingerprint density at radius 2 is 1.83 bits per heavy atom. The molecule has 3 aromatic carbocycles. The van der Waals surface area contributed by atoms with Crippen LogP contribution < -0.4 is 18.9 Å².